The van der Waals surface area contributed by atoms with Crippen molar-refractivity contribution in [2.24, 2.45) is 0 Å². The predicted octanol–water partition coefficient (Wildman–Crippen LogP) is 2.70. The lowest BCUT2D eigenvalue weighted by atomic mass is 10.1. The molecule has 0 saturated carbocycles. The number of nitrogens with one attached hydrogen (secondary N) is 2. The van der Waals surface area contributed by atoms with E-state index in [0.717, 1.165) is 5.56 Å². The molecule has 4 heteroatoms. The fourth-order valence-electron chi connectivity index (χ4n) is 1.84. The molecule has 0 atom stereocenters. The monoisotopic (exact) mass is 280 g/mol. The molecule has 0 aliphatic rings. The molecule has 0 aromatic heterocycles. The van der Waals surface area contributed by atoms with Crippen LogP contribution in [0.5, 0.6) is 0 Å². The van der Waals surface area contributed by atoms with Crippen molar-refractivity contribution in [2.45, 2.75) is 0 Å². The van der Waals surface area contributed by atoms with Crippen LogP contribution < -0.4 is 10.6 Å². The normalized spacial score (nSPS) is 10.3. The zero-order valence-electron chi connectivity index (χ0n) is 11.7. The van der Waals surface area contributed by atoms with E-state index in [1.165, 1.54) is 6.08 Å². The van der Waals surface area contributed by atoms with Crippen molar-refractivity contribution >= 4 is 23.6 Å². The number of benzene rings is 2. The van der Waals surface area contributed by atoms with Gasteiger partial charge >= 0.3 is 0 Å². The van der Waals surface area contributed by atoms with Crippen molar-refractivity contribution in [1.29, 1.82) is 0 Å². The van der Waals surface area contributed by atoms with Crippen LogP contribution in [-0.2, 0) is 4.79 Å². The third kappa shape index (κ3) is 4.04. The Balaban J connectivity index is 2.10. The summed E-state index contributed by atoms with van der Waals surface area (Å²) in [4.78, 5) is 23.6. The van der Waals surface area contributed by atoms with Gasteiger partial charge in [0.2, 0.25) is 5.91 Å². The summed E-state index contributed by atoms with van der Waals surface area (Å²) in [6.07, 6.45) is 3.16. The lowest BCUT2D eigenvalue weighted by Crippen LogP contribution is -2.20. The third-order valence-corrected chi connectivity index (χ3v) is 2.88. The highest BCUT2D eigenvalue weighted by Gasteiger charge is 2.10. The van der Waals surface area contributed by atoms with Gasteiger partial charge in [-0.05, 0) is 23.8 Å². The maximum absolute atomic E-state index is 11.9. The van der Waals surface area contributed by atoms with Gasteiger partial charge in [0.15, 0.2) is 0 Å². The largest absolute Gasteiger partial charge is 0.355 e. The molecule has 0 bridgehead atoms. The van der Waals surface area contributed by atoms with Gasteiger partial charge in [0, 0.05) is 13.1 Å². The molecule has 0 aliphatic carbocycles. The summed E-state index contributed by atoms with van der Waals surface area (Å²) < 4.78 is 0. The average Bonchev–Trinajstić information content (AvgIpc) is 2.54. The molecule has 2 amide bonds. The van der Waals surface area contributed by atoms with E-state index < -0.39 is 0 Å². The molecule has 0 saturated heterocycles. The number of carbonyl (C=O) groups is 2. The van der Waals surface area contributed by atoms with E-state index in [1.54, 1.807) is 37.4 Å². The molecule has 2 N–H and O–H groups in total. The van der Waals surface area contributed by atoms with E-state index in [-0.39, 0.29) is 11.8 Å². The maximum atomic E-state index is 11.9. The summed E-state index contributed by atoms with van der Waals surface area (Å²) in [7, 11) is 1.55. The van der Waals surface area contributed by atoms with Crippen molar-refractivity contribution in [1.82, 2.24) is 5.32 Å². The first kappa shape index (κ1) is 14.5. The van der Waals surface area contributed by atoms with Crippen molar-refractivity contribution in [3.8, 4) is 0 Å². The molecule has 0 radical (unpaired) electrons. The van der Waals surface area contributed by atoms with Gasteiger partial charge in [-0.3, -0.25) is 9.59 Å². The molecule has 2 rings (SSSR count). The van der Waals surface area contributed by atoms with Crippen LogP contribution in [0.1, 0.15) is 15.9 Å². The van der Waals surface area contributed by atoms with Crippen LogP contribution in [-0.4, -0.2) is 18.9 Å². The number of carbonyl (C=O) groups excluding carboxylic acids is 2. The quantitative estimate of drug-likeness (QED) is 0.846. The van der Waals surface area contributed by atoms with Crippen LogP contribution in [0, 0.1) is 0 Å². The van der Waals surface area contributed by atoms with Crippen LogP contribution in [0.3, 0.4) is 0 Å². The Labute approximate surface area is 123 Å². The highest BCUT2D eigenvalue weighted by molar-refractivity contribution is 6.07. The van der Waals surface area contributed by atoms with Gasteiger partial charge < -0.3 is 10.6 Å². The highest BCUT2D eigenvalue weighted by Crippen LogP contribution is 2.15. The second-order valence-corrected chi connectivity index (χ2v) is 4.36. The van der Waals surface area contributed by atoms with Crippen LogP contribution >= 0.6 is 0 Å². The van der Waals surface area contributed by atoms with Gasteiger partial charge in [-0.2, -0.15) is 0 Å². The van der Waals surface area contributed by atoms with Gasteiger partial charge in [0.05, 0.1) is 11.3 Å². The molecule has 2 aromatic carbocycles. The van der Waals surface area contributed by atoms with Crippen molar-refractivity contribution < 1.29 is 9.59 Å². The Bertz CT molecular complexity index is 664. The predicted molar refractivity (Wildman–Crippen MR) is 83.9 cm³/mol. The highest BCUT2D eigenvalue weighted by atomic mass is 16.2. The molecule has 0 unspecified atom stereocenters. The Morgan fingerprint density at radius 3 is 2.33 bits per heavy atom. The number of amides is 2. The first-order valence-electron chi connectivity index (χ1n) is 6.56. The SMILES string of the molecule is CNC(=O)c1ccccc1NC(=O)/C=C/c1ccccc1. The van der Waals surface area contributed by atoms with Gasteiger partial charge in [-0.15, -0.1) is 0 Å². The Morgan fingerprint density at radius 2 is 1.62 bits per heavy atom. The minimum Gasteiger partial charge on any atom is -0.355 e. The van der Waals surface area contributed by atoms with Crippen molar-refractivity contribution in [3.05, 3.63) is 71.8 Å². The topological polar surface area (TPSA) is 58.2 Å². The Hall–Kier alpha value is -2.88. The van der Waals surface area contributed by atoms with Crippen molar-refractivity contribution in [2.75, 3.05) is 12.4 Å². The smallest absolute Gasteiger partial charge is 0.253 e. The summed E-state index contributed by atoms with van der Waals surface area (Å²) in [5, 5.41) is 5.25. The fourth-order valence-corrected chi connectivity index (χ4v) is 1.84. The molecule has 21 heavy (non-hydrogen) atoms. The number of hydrogen-bond donors (Lipinski definition) is 2. The summed E-state index contributed by atoms with van der Waals surface area (Å²) in [6, 6.07) is 16.4. The minimum atomic E-state index is -0.282. The minimum absolute atomic E-state index is 0.238. The molecule has 106 valence electrons. The van der Waals surface area contributed by atoms with Gasteiger partial charge in [-0.1, -0.05) is 42.5 Å². The molecular formula is C17H16N2O2. The zero-order chi connectivity index (χ0) is 15.1. The Kier molecular flexibility index (Phi) is 4.88. The number of anilines is 1. The molecule has 0 aliphatic heterocycles. The van der Waals surface area contributed by atoms with Gasteiger partial charge in [0.1, 0.15) is 0 Å². The molecule has 4 nitrogen and oxygen atoms in total. The van der Waals surface area contributed by atoms with E-state index in [4.69, 9.17) is 0 Å². The molecule has 2 aromatic rings. The van der Waals surface area contributed by atoms with E-state index in [2.05, 4.69) is 10.6 Å². The van der Waals surface area contributed by atoms with Crippen LogP contribution in [0.2, 0.25) is 0 Å². The van der Waals surface area contributed by atoms with E-state index in [1.807, 2.05) is 30.3 Å². The van der Waals surface area contributed by atoms with Gasteiger partial charge in [0.25, 0.3) is 5.91 Å². The first-order valence-corrected chi connectivity index (χ1v) is 6.56. The van der Waals surface area contributed by atoms with Crippen LogP contribution in [0.25, 0.3) is 6.08 Å². The standard InChI is InChI=1S/C17H16N2O2/c1-18-17(21)14-9-5-6-10-15(14)19-16(20)12-11-13-7-3-2-4-8-13/h2-12H,1H3,(H,18,21)(H,19,20)/b12-11+. The summed E-state index contributed by atoms with van der Waals surface area (Å²) in [5.74, 6) is -0.520. The summed E-state index contributed by atoms with van der Waals surface area (Å²) >= 11 is 0. The number of para-hydroxylation sites is 1. The first-order chi connectivity index (χ1) is 10.2. The second kappa shape index (κ2) is 7.05. The van der Waals surface area contributed by atoms with Crippen LogP contribution in [0.15, 0.2) is 60.7 Å². The second-order valence-electron chi connectivity index (χ2n) is 4.36. The van der Waals surface area contributed by atoms with Crippen LogP contribution in [0.4, 0.5) is 5.69 Å². The summed E-state index contributed by atoms with van der Waals surface area (Å²) in [6.45, 7) is 0. The maximum Gasteiger partial charge on any atom is 0.253 e. The Morgan fingerprint density at radius 1 is 0.952 bits per heavy atom. The average molecular weight is 280 g/mol. The molecule has 0 fully saturated rings. The number of rotatable bonds is 4. The zero-order valence-corrected chi connectivity index (χ0v) is 11.7. The van der Waals surface area contributed by atoms with E-state index in [0.29, 0.717) is 11.3 Å². The van der Waals surface area contributed by atoms with E-state index >= 15 is 0 Å². The third-order valence-electron chi connectivity index (χ3n) is 2.88. The molecular weight excluding hydrogens is 264 g/mol. The lowest BCUT2D eigenvalue weighted by molar-refractivity contribution is -0.111. The van der Waals surface area contributed by atoms with Crippen molar-refractivity contribution in [3.63, 3.8) is 0 Å². The van der Waals surface area contributed by atoms with E-state index in [9.17, 15) is 9.59 Å². The lowest BCUT2D eigenvalue weighted by Gasteiger charge is -2.08. The number of hydrogen-bond acceptors (Lipinski definition) is 2. The summed E-state index contributed by atoms with van der Waals surface area (Å²) in [5.41, 5.74) is 1.85. The van der Waals surface area contributed by atoms with Gasteiger partial charge in [-0.25, -0.2) is 0 Å². The fraction of sp³-hybridized carbons (Fsp3) is 0.0588. The molecule has 0 heterocycles. The molecule has 0 spiro atoms.